The zero-order valence-corrected chi connectivity index (χ0v) is 11.6. The summed E-state index contributed by atoms with van der Waals surface area (Å²) in [5.41, 5.74) is -0.449. The topological polar surface area (TPSA) is 29.5 Å². The van der Waals surface area contributed by atoms with E-state index in [0.29, 0.717) is 5.92 Å². The Kier molecular flexibility index (Phi) is 4.14. The predicted octanol–water partition coefficient (Wildman–Crippen LogP) is 3.52. The summed E-state index contributed by atoms with van der Waals surface area (Å²) >= 11 is 0. The van der Waals surface area contributed by atoms with Crippen molar-refractivity contribution >= 4 is 0 Å². The summed E-state index contributed by atoms with van der Waals surface area (Å²) in [4.78, 5) is 0. The molecule has 1 aliphatic heterocycles. The van der Waals surface area contributed by atoms with Gasteiger partial charge in [0.1, 0.15) is 0 Å². The van der Waals surface area contributed by atoms with Gasteiger partial charge in [-0.25, -0.2) is 0 Å². The van der Waals surface area contributed by atoms with Gasteiger partial charge < -0.3 is 9.84 Å². The fourth-order valence-corrected chi connectivity index (χ4v) is 4.01. The Hall–Kier alpha value is -0.0800. The third kappa shape index (κ3) is 3.03. The van der Waals surface area contributed by atoms with Crippen LogP contribution in [0.1, 0.15) is 65.7 Å². The highest BCUT2D eigenvalue weighted by molar-refractivity contribution is 4.94. The highest BCUT2D eigenvalue weighted by Crippen LogP contribution is 2.43. The van der Waals surface area contributed by atoms with Gasteiger partial charge >= 0.3 is 0 Å². The van der Waals surface area contributed by atoms with E-state index in [4.69, 9.17) is 4.74 Å². The first-order chi connectivity index (χ1) is 8.03. The van der Waals surface area contributed by atoms with Crippen molar-refractivity contribution in [2.75, 3.05) is 0 Å². The second kappa shape index (κ2) is 5.27. The lowest BCUT2D eigenvalue weighted by molar-refractivity contribution is -0.161. The Labute approximate surface area is 106 Å². The minimum Gasteiger partial charge on any atom is -0.389 e. The van der Waals surface area contributed by atoms with Crippen molar-refractivity contribution < 1.29 is 9.84 Å². The smallest absolute Gasteiger partial charge is 0.0724 e. The lowest BCUT2D eigenvalue weighted by Gasteiger charge is -2.46. The fraction of sp³-hybridized carbons (Fsp3) is 1.00. The average Bonchev–Trinajstić information content (AvgIpc) is 2.27. The van der Waals surface area contributed by atoms with Crippen LogP contribution in [0.5, 0.6) is 0 Å². The van der Waals surface area contributed by atoms with Crippen LogP contribution in [-0.2, 0) is 4.74 Å². The number of aliphatic hydroxyl groups is 1. The molecule has 0 bridgehead atoms. The molecule has 2 unspecified atom stereocenters. The van der Waals surface area contributed by atoms with Gasteiger partial charge in [-0.05, 0) is 38.5 Å². The van der Waals surface area contributed by atoms with E-state index in [9.17, 15) is 5.11 Å². The first-order valence-corrected chi connectivity index (χ1v) is 7.41. The molecule has 2 atom stereocenters. The van der Waals surface area contributed by atoms with Crippen molar-refractivity contribution in [3.8, 4) is 0 Å². The van der Waals surface area contributed by atoms with Crippen molar-refractivity contribution in [1.82, 2.24) is 0 Å². The molecule has 0 radical (unpaired) electrons. The van der Waals surface area contributed by atoms with Crippen LogP contribution >= 0.6 is 0 Å². The summed E-state index contributed by atoms with van der Waals surface area (Å²) in [5.74, 6) is 1.42. The molecule has 2 rings (SSSR count). The van der Waals surface area contributed by atoms with Crippen LogP contribution in [0.15, 0.2) is 0 Å². The number of rotatable bonds is 2. The van der Waals surface area contributed by atoms with Crippen molar-refractivity contribution in [2.24, 2.45) is 11.8 Å². The van der Waals surface area contributed by atoms with Gasteiger partial charge in [0.2, 0.25) is 0 Å². The summed E-state index contributed by atoms with van der Waals surface area (Å²) in [6, 6.07) is 0. The Morgan fingerprint density at radius 3 is 2.06 bits per heavy atom. The molecular weight excluding hydrogens is 212 g/mol. The Balaban J connectivity index is 1.96. The third-order valence-corrected chi connectivity index (χ3v) is 4.93. The van der Waals surface area contributed by atoms with E-state index in [1.54, 1.807) is 0 Å². The van der Waals surface area contributed by atoms with E-state index in [2.05, 4.69) is 20.8 Å². The van der Waals surface area contributed by atoms with Crippen LogP contribution < -0.4 is 0 Å². The van der Waals surface area contributed by atoms with Crippen LogP contribution in [-0.4, -0.2) is 22.9 Å². The number of hydrogen-bond acceptors (Lipinski definition) is 2. The standard InChI is InChI=1S/C15H28O2/c1-4-13-5-7-14(8-6-13)15(16)9-11(2)17-12(3)10-15/h11-14,16H,4-10H2,1-3H3. The SMILES string of the molecule is CCC1CCC(C2(O)CC(C)OC(C)C2)CC1. The van der Waals surface area contributed by atoms with Crippen LogP contribution in [0, 0.1) is 11.8 Å². The highest BCUT2D eigenvalue weighted by Gasteiger charge is 2.43. The lowest BCUT2D eigenvalue weighted by atomic mass is 9.68. The maximum atomic E-state index is 10.9. The fourth-order valence-electron chi connectivity index (χ4n) is 4.01. The van der Waals surface area contributed by atoms with Gasteiger partial charge in [-0.15, -0.1) is 0 Å². The average molecular weight is 240 g/mol. The molecule has 0 amide bonds. The van der Waals surface area contributed by atoms with Gasteiger partial charge in [0, 0.05) is 12.8 Å². The summed E-state index contributed by atoms with van der Waals surface area (Å²) in [5, 5.41) is 10.9. The van der Waals surface area contributed by atoms with E-state index < -0.39 is 5.60 Å². The quantitative estimate of drug-likeness (QED) is 0.800. The molecule has 1 heterocycles. The second-order valence-corrected chi connectivity index (χ2v) is 6.40. The van der Waals surface area contributed by atoms with Gasteiger partial charge in [0.15, 0.2) is 0 Å². The molecule has 1 saturated carbocycles. The van der Waals surface area contributed by atoms with Crippen molar-refractivity contribution in [3.05, 3.63) is 0 Å². The van der Waals surface area contributed by atoms with Gasteiger partial charge in [0.25, 0.3) is 0 Å². The third-order valence-electron chi connectivity index (χ3n) is 4.93. The predicted molar refractivity (Wildman–Crippen MR) is 69.9 cm³/mol. The Bertz CT molecular complexity index is 233. The molecule has 2 heteroatoms. The van der Waals surface area contributed by atoms with Crippen molar-refractivity contribution in [3.63, 3.8) is 0 Å². The molecular formula is C15H28O2. The molecule has 2 fully saturated rings. The molecule has 1 aliphatic carbocycles. The van der Waals surface area contributed by atoms with Gasteiger partial charge in [-0.2, -0.15) is 0 Å². The van der Waals surface area contributed by atoms with E-state index in [-0.39, 0.29) is 12.2 Å². The summed E-state index contributed by atoms with van der Waals surface area (Å²) < 4.78 is 5.75. The monoisotopic (exact) mass is 240 g/mol. The first kappa shape index (κ1) is 13.4. The second-order valence-electron chi connectivity index (χ2n) is 6.40. The minimum absolute atomic E-state index is 0.215. The van der Waals surface area contributed by atoms with Gasteiger partial charge in [-0.1, -0.05) is 26.2 Å². The van der Waals surface area contributed by atoms with Crippen molar-refractivity contribution in [2.45, 2.75) is 83.5 Å². The molecule has 0 aromatic heterocycles. The summed E-state index contributed by atoms with van der Waals surface area (Å²) in [6.45, 7) is 6.48. The zero-order valence-electron chi connectivity index (χ0n) is 11.6. The maximum Gasteiger partial charge on any atom is 0.0724 e. The molecule has 0 aromatic rings. The van der Waals surface area contributed by atoms with E-state index in [0.717, 1.165) is 18.8 Å². The maximum absolute atomic E-state index is 10.9. The highest BCUT2D eigenvalue weighted by atomic mass is 16.5. The molecule has 1 saturated heterocycles. The van der Waals surface area contributed by atoms with E-state index >= 15 is 0 Å². The minimum atomic E-state index is -0.449. The van der Waals surface area contributed by atoms with Crippen LogP contribution in [0.2, 0.25) is 0 Å². The molecule has 0 aromatic carbocycles. The Morgan fingerprint density at radius 1 is 1.06 bits per heavy atom. The van der Waals surface area contributed by atoms with Gasteiger partial charge in [-0.3, -0.25) is 0 Å². The normalized spacial score (nSPS) is 48.0. The molecule has 0 spiro atoms. The van der Waals surface area contributed by atoms with E-state index in [1.807, 2.05) is 0 Å². The van der Waals surface area contributed by atoms with E-state index in [1.165, 1.54) is 32.1 Å². The van der Waals surface area contributed by atoms with Crippen LogP contribution in [0.4, 0.5) is 0 Å². The zero-order chi connectivity index (χ0) is 12.5. The first-order valence-electron chi connectivity index (χ1n) is 7.41. The Morgan fingerprint density at radius 2 is 1.59 bits per heavy atom. The molecule has 100 valence electrons. The summed E-state index contributed by atoms with van der Waals surface area (Å²) in [6.07, 6.45) is 8.46. The van der Waals surface area contributed by atoms with Crippen molar-refractivity contribution in [1.29, 1.82) is 0 Å². The van der Waals surface area contributed by atoms with Crippen LogP contribution in [0.3, 0.4) is 0 Å². The molecule has 2 aliphatic rings. The summed E-state index contributed by atoms with van der Waals surface area (Å²) in [7, 11) is 0. The molecule has 17 heavy (non-hydrogen) atoms. The lowest BCUT2D eigenvalue weighted by Crippen LogP contribution is -2.49. The van der Waals surface area contributed by atoms with Gasteiger partial charge in [0.05, 0.1) is 17.8 Å². The number of hydrogen-bond donors (Lipinski definition) is 1. The largest absolute Gasteiger partial charge is 0.389 e. The molecule has 1 N–H and O–H groups in total. The van der Waals surface area contributed by atoms with Crippen LogP contribution in [0.25, 0.3) is 0 Å². The number of ether oxygens (including phenoxy) is 1. The molecule has 2 nitrogen and oxygen atoms in total.